The van der Waals surface area contributed by atoms with Crippen molar-refractivity contribution in [3.05, 3.63) is 53.6 Å². The van der Waals surface area contributed by atoms with Gasteiger partial charge in [-0.05, 0) is 53.8 Å². The lowest BCUT2D eigenvalue weighted by atomic mass is 9.95. The third-order valence-corrected chi connectivity index (χ3v) is 8.24. The van der Waals surface area contributed by atoms with E-state index in [1.54, 1.807) is 24.3 Å². The predicted molar refractivity (Wildman–Crippen MR) is 177 cm³/mol. The molecule has 15 heteroatoms. The Hall–Kier alpha value is -4.12. The molecule has 2 aromatic rings. The van der Waals surface area contributed by atoms with Crippen LogP contribution in [0.1, 0.15) is 30.4 Å². The number of phenols is 1. The number of phenolic OH excluding ortho intramolecular Hbond substituents is 1. The smallest absolute Gasteiger partial charge is 0.245 e. The molecular weight excluding hydrogens is 606 g/mol. The number of rotatable bonds is 12. The number of nitrogens with two attached hydrogens (primary N) is 5. The maximum atomic E-state index is 14.0. The number of amides is 4. The molecule has 6 atom stereocenters. The van der Waals surface area contributed by atoms with Gasteiger partial charge in [-0.1, -0.05) is 30.3 Å². The topological polar surface area (TPSA) is 278 Å². The maximum Gasteiger partial charge on any atom is 0.245 e. The molecule has 4 bridgehead atoms. The van der Waals surface area contributed by atoms with Gasteiger partial charge in [0.25, 0.3) is 0 Å². The van der Waals surface area contributed by atoms with Crippen molar-refractivity contribution in [3.63, 3.8) is 0 Å². The van der Waals surface area contributed by atoms with Crippen LogP contribution >= 0.6 is 0 Å². The van der Waals surface area contributed by atoms with Crippen LogP contribution in [0.5, 0.6) is 5.75 Å². The Labute approximate surface area is 274 Å². The Morgan fingerprint density at radius 1 is 1.06 bits per heavy atom. The Morgan fingerprint density at radius 3 is 2.47 bits per heavy atom. The summed E-state index contributed by atoms with van der Waals surface area (Å²) in [6.07, 6.45) is -0.108. The average molecular weight is 656 g/mol. The minimum Gasteiger partial charge on any atom is -0.508 e. The molecule has 1 aliphatic heterocycles. The van der Waals surface area contributed by atoms with E-state index in [9.17, 15) is 29.4 Å². The Kier molecular flexibility index (Phi) is 14.1. The van der Waals surface area contributed by atoms with Crippen LogP contribution in [-0.2, 0) is 32.0 Å². The van der Waals surface area contributed by atoms with Crippen molar-refractivity contribution in [2.24, 2.45) is 28.7 Å². The van der Waals surface area contributed by atoms with E-state index in [1.165, 1.54) is 18.0 Å². The van der Waals surface area contributed by atoms with Crippen molar-refractivity contribution < 1.29 is 29.4 Å². The minimum absolute atomic E-state index is 0.0232. The number of benzene rings is 2. The van der Waals surface area contributed by atoms with Crippen LogP contribution in [0.4, 0.5) is 0 Å². The number of hydrogen-bond donors (Lipinski definition) is 10. The van der Waals surface area contributed by atoms with Crippen LogP contribution in [0.2, 0.25) is 0 Å². The molecule has 1 aliphatic rings. The van der Waals surface area contributed by atoms with Crippen LogP contribution in [0.3, 0.4) is 0 Å². The molecule has 0 spiro atoms. The number of nitrogens with one attached hydrogen (secondary N) is 3. The molecule has 258 valence electrons. The number of hydrogen-bond acceptors (Lipinski definition) is 11. The molecule has 0 aliphatic carbocycles. The molecule has 15 nitrogen and oxygen atoms in total. The third kappa shape index (κ3) is 10.4. The number of carbonyl (C=O) groups is 4. The summed E-state index contributed by atoms with van der Waals surface area (Å²) in [5.41, 5.74) is 31.9. The summed E-state index contributed by atoms with van der Waals surface area (Å²) >= 11 is 0. The average Bonchev–Trinajstić information content (AvgIpc) is 3.06. The zero-order valence-corrected chi connectivity index (χ0v) is 26.7. The van der Waals surface area contributed by atoms with Crippen LogP contribution in [0.25, 0.3) is 11.1 Å². The van der Waals surface area contributed by atoms with Gasteiger partial charge in [-0.15, -0.1) is 0 Å². The fourth-order valence-electron chi connectivity index (χ4n) is 5.37. The fourth-order valence-corrected chi connectivity index (χ4v) is 5.37. The molecule has 0 unspecified atom stereocenters. The molecule has 0 aromatic heterocycles. The molecule has 0 saturated heterocycles. The van der Waals surface area contributed by atoms with Gasteiger partial charge in [0.1, 0.15) is 23.9 Å². The Morgan fingerprint density at radius 2 is 1.79 bits per heavy atom. The zero-order chi connectivity index (χ0) is 34.7. The first-order chi connectivity index (χ1) is 22.4. The number of aliphatic hydroxyl groups is 1. The standard InChI is InChI=1S/C32H49N9O6/c1-41-27(31(46)40-26(16-35)30(45)38-17-22(36)6-3-9-33)11-18-4-2-5-19(10-18)20-7-8-28(43)21(12-20)13-24(37)29(44)39-25(32(41)47)14-23(42)15-34/h2,4-5,7-8,10,12,22-27,42-43H,3,6,9,11,13-17,33-37H2,1H3,(H,38,45)(H,39,44)(H,40,46)/t22-,23+,24-,25-,26-,27-/m0/s1. The summed E-state index contributed by atoms with van der Waals surface area (Å²) < 4.78 is 0. The van der Waals surface area contributed by atoms with Crippen LogP contribution in [-0.4, -0.2) is 108 Å². The van der Waals surface area contributed by atoms with Gasteiger partial charge in [0.05, 0.1) is 12.1 Å². The van der Waals surface area contributed by atoms with Gasteiger partial charge in [-0.25, -0.2) is 0 Å². The van der Waals surface area contributed by atoms with Crippen LogP contribution in [0, 0.1) is 0 Å². The van der Waals surface area contributed by atoms with Gasteiger partial charge < -0.3 is 59.7 Å². The second kappa shape index (κ2) is 17.7. The monoisotopic (exact) mass is 655 g/mol. The zero-order valence-electron chi connectivity index (χ0n) is 26.7. The third-order valence-electron chi connectivity index (χ3n) is 8.24. The first-order valence-electron chi connectivity index (χ1n) is 15.7. The molecule has 15 N–H and O–H groups in total. The molecule has 47 heavy (non-hydrogen) atoms. The van der Waals surface area contributed by atoms with E-state index < -0.39 is 53.9 Å². The second-order valence-corrected chi connectivity index (χ2v) is 11.9. The lowest BCUT2D eigenvalue weighted by molar-refractivity contribution is -0.143. The quantitative estimate of drug-likeness (QED) is 0.111. The van der Waals surface area contributed by atoms with Gasteiger partial charge >= 0.3 is 0 Å². The Bertz CT molecular complexity index is 1390. The summed E-state index contributed by atoms with van der Waals surface area (Å²) in [4.78, 5) is 55.2. The molecular formula is C32H49N9O6. The van der Waals surface area contributed by atoms with Crippen molar-refractivity contribution in [2.75, 3.05) is 33.2 Å². The first-order valence-corrected chi connectivity index (χ1v) is 15.7. The molecule has 2 aromatic carbocycles. The SMILES string of the molecule is CN1C(=O)[C@H](C[C@@H](O)CN)NC(=O)[C@@H](N)Cc2cc(ccc2O)-c2cccc(c2)C[C@H]1C(=O)N[C@@H](CN)C(=O)NC[C@@H](N)CCCN. The van der Waals surface area contributed by atoms with E-state index in [0.29, 0.717) is 30.5 Å². The van der Waals surface area contributed by atoms with E-state index in [1.807, 2.05) is 12.1 Å². The molecule has 0 fully saturated rings. The minimum atomic E-state index is -1.30. The molecule has 0 saturated carbocycles. The predicted octanol–water partition coefficient (Wildman–Crippen LogP) is -2.87. The summed E-state index contributed by atoms with van der Waals surface area (Å²) in [7, 11) is 1.40. The molecule has 0 radical (unpaired) electrons. The number of likely N-dealkylation sites (N-methyl/N-ethyl adjacent to an activating group) is 1. The van der Waals surface area contributed by atoms with Gasteiger partial charge in [0.2, 0.25) is 23.6 Å². The first kappa shape index (κ1) is 37.3. The van der Waals surface area contributed by atoms with Crippen molar-refractivity contribution in [1.82, 2.24) is 20.9 Å². The van der Waals surface area contributed by atoms with Gasteiger partial charge in [0.15, 0.2) is 0 Å². The van der Waals surface area contributed by atoms with E-state index in [-0.39, 0.29) is 50.7 Å². The van der Waals surface area contributed by atoms with Crippen molar-refractivity contribution in [3.8, 4) is 16.9 Å². The van der Waals surface area contributed by atoms with Crippen molar-refractivity contribution in [2.45, 2.75) is 68.4 Å². The highest BCUT2D eigenvalue weighted by Gasteiger charge is 2.35. The highest BCUT2D eigenvalue weighted by atomic mass is 16.3. The number of aliphatic hydroxyl groups excluding tert-OH is 1. The summed E-state index contributed by atoms with van der Waals surface area (Å²) in [5.74, 6) is -2.64. The normalized spacial score (nSPS) is 20.7. The van der Waals surface area contributed by atoms with Crippen molar-refractivity contribution in [1.29, 1.82) is 0 Å². The van der Waals surface area contributed by atoms with Crippen LogP contribution in [0.15, 0.2) is 42.5 Å². The van der Waals surface area contributed by atoms with Crippen molar-refractivity contribution >= 4 is 23.6 Å². The summed E-state index contributed by atoms with van der Waals surface area (Å²) in [6, 6.07) is 7.17. The Balaban J connectivity index is 2.00. The number of carbonyl (C=O) groups excluding carboxylic acids is 4. The van der Waals surface area contributed by atoms with Gasteiger partial charge in [0, 0.05) is 52.0 Å². The summed E-state index contributed by atoms with van der Waals surface area (Å²) in [5, 5.41) is 28.8. The number of aromatic hydroxyl groups is 1. The number of fused-ring (bicyclic) bond motifs is 5. The molecule has 4 amide bonds. The van der Waals surface area contributed by atoms with E-state index in [0.717, 1.165) is 11.1 Å². The lowest BCUT2D eigenvalue weighted by Gasteiger charge is -2.33. The highest BCUT2D eigenvalue weighted by Crippen LogP contribution is 2.28. The number of nitrogens with zero attached hydrogens (tertiary/aromatic N) is 1. The fraction of sp³-hybridized carbons (Fsp3) is 0.500. The highest BCUT2D eigenvalue weighted by molar-refractivity contribution is 5.95. The summed E-state index contributed by atoms with van der Waals surface area (Å²) in [6.45, 7) is 0.220. The van der Waals surface area contributed by atoms with Crippen LogP contribution < -0.4 is 44.6 Å². The maximum absolute atomic E-state index is 14.0. The van der Waals surface area contributed by atoms with Gasteiger partial charge in [-0.3, -0.25) is 19.2 Å². The largest absolute Gasteiger partial charge is 0.508 e. The van der Waals surface area contributed by atoms with E-state index >= 15 is 0 Å². The van der Waals surface area contributed by atoms with Gasteiger partial charge in [-0.2, -0.15) is 0 Å². The molecule has 1 heterocycles. The second-order valence-electron chi connectivity index (χ2n) is 11.9. The molecule has 3 rings (SSSR count). The van der Waals surface area contributed by atoms with E-state index in [4.69, 9.17) is 28.7 Å². The van der Waals surface area contributed by atoms with E-state index in [2.05, 4.69) is 16.0 Å². The lowest BCUT2D eigenvalue weighted by Crippen LogP contribution is -2.60.